The van der Waals surface area contributed by atoms with Gasteiger partial charge in [0.2, 0.25) is 0 Å². The number of fused-ring (bicyclic) bond motifs is 3. The van der Waals surface area contributed by atoms with E-state index in [1.807, 2.05) is 12.1 Å². The molecule has 0 radical (unpaired) electrons. The Morgan fingerprint density at radius 3 is 1.11 bits per heavy atom. The summed E-state index contributed by atoms with van der Waals surface area (Å²) < 4.78 is 6.10. The summed E-state index contributed by atoms with van der Waals surface area (Å²) in [4.78, 5) is 0. The molecule has 1 heterocycles. The molecular formula is C61H42O. The maximum Gasteiger partial charge on any atom is 0.135 e. The van der Waals surface area contributed by atoms with Crippen molar-refractivity contribution in [3.05, 3.63) is 265 Å². The third-order valence-corrected chi connectivity index (χ3v) is 12.3. The minimum Gasteiger partial charge on any atom is -0.456 e. The smallest absolute Gasteiger partial charge is 0.135 e. The van der Waals surface area contributed by atoms with Gasteiger partial charge in [-0.25, -0.2) is 0 Å². The summed E-state index contributed by atoms with van der Waals surface area (Å²) in [6, 6.07) is 90.0. The first-order valence-electron chi connectivity index (χ1n) is 21.3. The van der Waals surface area contributed by atoms with Crippen LogP contribution in [0.2, 0.25) is 0 Å². The minimum absolute atomic E-state index is 0.0324. The molecule has 11 rings (SSSR count). The molecule has 11 aromatic rings. The first kappa shape index (κ1) is 37.0. The third-order valence-electron chi connectivity index (χ3n) is 12.3. The van der Waals surface area contributed by atoms with Crippen LogP contribution in [0.4, 0.5) is 0 Å². The molecule has 62 heavy (non-hydrogen) atoms. The molecule has 0 aliphatic rings. The zero-order valence-electron chi connectivity index (χ0n) is 34.2. The SMILES string of the molecule is c1ccc(-c2ccc(-c3ccc(C(c4ccc(-c5cccc(-c6ccccc6)c5)cc4)c4cccc(-c5ccc(-c6ccc7oc8ccccc8c7c6)cc5)c4)cc3)cc2)cc1. The Morgan fingerprint density at radius 2 is 0.565 bits per heavy atom. The Kier molecular flexibility index (Phi) is 9.69. The molecule has 0 aliphatic heterocycles. The molecule has 0 amide bonds. The zero-order valence-corrected chi connectivity index (χ0v) is 34.2. The number of rotatable bonds is 9. The molecule has 10 aromatic carbocycles. The zero-order chi connectivity index (χ0) is 41.2. The monoisotopic (exact) mass is 790 g/mol. The van der Waals surface area contributed by atoms with Gasteiger partial charge < -0.3 is 4.42 Å². The van der Waals surface area contributed by atoms with Crippen LogP contribution in [0.15, 0.2) is 253 Å². The first-order valence-corrected chi connectivity index (χ1v) is 21.3. The van der Waals surface area contributed by atoms with Crippen molar-refractivity contribution in [2.45, 2.75) is 5.92 Å². The van der Waals surface area contributed by atoms with Crippen LogP contribution >= 0.6 is 0 Å². The van der Waals surface area contributed by atoms with Gasteiger partial charge in [0.25, 0.3) is 0 Å². The van der Waals surface area contributed by atoms with E-state index >= 15 is 0 Å². The lowest BCUT2D eigenvalue weighted by Gasteiger charge is -2.21. The van der Waals surface area contributed by atoms with Crippen molar-refractivity contribution < 1.29 is 4.42 Å². The predicted octanol–water partition coefficient (Wildman–Crippen LogP) is 16.8. The van der Waals surface area contributed by atoms with Crippen LogP contribution in [-0.2, 0) is 0 Å². The topological polar surface area (TPSA) is 13.1 Å². The number of para-hydroxylation sites is 1. The molecule has 0 saturated heterocycles. The van der Waals surface area contributed by atoms with Gasteiger partial charge in [0.1, 0.15) is 11.2 Å². The Morgan fingerprint density at radius 1 is 0.210 bits per heavy atom. The summed E-state index contributed by atoms with van der Waals surface area (Å²) in [6.07, 6.45) is 0. The fraction of sp³-hybridized carbons (Fsp3) is 0.0164. The molecule has 0 aliphatic carbocycles. The summed E-state index contributed by atoms with van der Waals surface area (Å²) in [5.41, 5.74) is 20.0. The van der Waals surface area contributed by atoms with Gasteiger partial charge >= 0.3 is 0 Å². The molecule has 0 fully saturated rings. The lowest BCUT2D eigenvalue weighted by Crippen LogP contribution is -2.04. The Balaban J connectivity index is 0.926. The highest BCUT2D eigenvalue weighted by Gasteiger charge is 2.19. The van der Waals surface area contributed by atoms with Gasteiger partial charge in [-0.3, -0.25) is 0 Å². The van der Waals surface area contributed by atoms with E-state index in [0.29, 0.717) is 0 Å². The van der Waals surface area contributed by atoms with E-state index in [1.165, 1.54) is 83.5 Å². The van der Waals surface area contributed by atoms with Crippen molar-refractivity contribution in [1.29, 1.82) is 0 Å². The van der Waals surface area contributed by atoms with Crippen molar-refractivity contribution >= 4 is 21.9 Å². The highest BCUT2D eigenvalue weighted by molar-refractivity contribution is 6.06. The molecule has 0 saturated carbocycles. The summed E-state index contributed by atoms with van der Waals surface area (Å²) in [7, 11) is 0. The molecule has 1 unspecified atom stereocenters. The maximum atomic E-state index is 6.10. The molecule has 0 N–H and O–H groups in total. The van der Waals surface area contributed by atoms with Gasteiger partial charge in [-0.15, -0.1) is 0 Å². The third kappa shape index (κ3) is 7.31. The van der Waals surface area contributed by atoms with E-state index in [4.69, 9.17) is 4.42 Å². The van der Waals surface area contributed by atoms with E-state index in [0.717, 1.165) is 21.9 Å². The summed E-state index contributed by atoms with van der Waals surface area (Å²) in [5.74, 6) is 0.0324. The lowest BCUT2D eigenvalue weighted by atomic mass is 9.83. The summed E-state index contributed by atoms with van der Waals surface area (Å²) >= 11 is 0. The summed E-state index contributed by atoms with van der Waals surface area (Å²) in [5, 5.41) is 2.29. The van der Waals surface area contributed by atoms with E-state index < -0.39 is 0 Å². The van der Waals surface area contributed by atoms with E-state index in [2.05, 4.69) is 237 Å². The van der Waals surface area contributed by atoms with E-state index in [-0.39, 0.29) is 5.92 Å². The van der Waals surface area contributed by atoms with Crippen molar-refractivity contribution in [2.24, 2.45) is 0 Å². The number of benzene rings is 10. The molecule has 1 atom stereocenters. The Labute approximate surface area is 362 Å². The molecule has 1 heteroatoms. The molecule has 1 nitrogen and oxygen atoms in total. The van der Waals surface area contributed by atoms with E-state index in [9.17, 15) is 0 Å². The van der Waals surface area contributed by atoms with Crippen LogP contribution in [0, 0.1) is 0 Å². The highest BCUT2D eigenvalue weighted by Crippen LogP contribution is 2.38. The van der Waals surface area contributed by atoms with Gasteiger partial charge in [-0.1, -0.05) is 224 Å². The van der Waals surface area contributed by atoms with Gasteiger partial charge in [0.05, 0.1) is 0 Å². The molecule has 0 bridgehead atoms. The fourth-order valence-corrected chi connectivity index (χ4v) is 8.97. The largest absolute Gasteiger partial charge is 0.456 e. The predicted molar refractivity (Wildman–Crippen MR) is 260 cm³/mol. The summed E-state index contributed by atoms with van der Waals surface area (Å²) in [6.45, 7) is 0. The average Bonchev–Trinajstić information content (AvgIpc) is 3.73. The van der Waals surface area contributed by atoms with Crippen LogP contribution in [0.1, 0.15) is 22.6 Å². The molecular weight excluding hydrogens is 749 g/mol. The van der Waals surface area contributed by atoms with Crippen molar-refractivity contribution in [1.82, 2.24) is 0 Å². The standard InChI is InChI=1S/C61H42O/c1-3-11-42(12-4-1)44-21-23-45(24-22-44)46-29-33-50(34-30-46)61(51-35-31-48(32-36-51)53-16-9-15-52(39-53)43-13-5-2-6-14-43)56-18-10-17-54(40-56)47-25-27-49(28-26-47)55-37-38-60-58(41-55)57-19-7-8-20-59(57)62-60/h1-41,61H. The van der Waals surface area contributed by atoms with Gasteiger partial charge in [0, 0.05) is 16.7 Å². The Bertz CT molecular complexity index is 3290. The van der Waals surface area contributed by atoms with Crippen LogP contribution < -0.4 is 0 Å². The van der Waals surface area contributed by atoms with Crippen LogP contribution in [-0.4, -0.2) is 0 Å². The fourth-order valence-electron chi connectivity index (χ4n) is 8.97. The van der Waals surface area contributed by atoms with Crippen LogP contribution in [0.25, 0.3) is 88.7 Å². The molecule has 292 valence electrons. The van der Waals surface area contributed by atoms with Crippen molar-refractivity contribution in [3.63, 3.8) is 0 Å². The van der Waals surface area contributed by atoms with E-state index in [1.54, 1.807) is 0 Å². The average molecular weight is 791 g/mol. The lowest BCUT2D eigenvalue weighted by molar-refractivity contribution is 0.669. The second kappa shape index (κ2) is 16.2. The first-order chi connectivity index (χ1) is 30.7. The number of hydrogen-bond donors (Lipinski definition) is 0. The molecule has 1 aromatic heterocycles. The molecule has 0 spiro atoms. The number of hydrogen-bond acceptors (Lipinski definition) is 1. The second-order valence-corrected chi connectivity index (χ2v) is 16.1. The van der Waals surface area contributed by atoms with Crippen molar-refractivity contribution in [3.8, 4) is 66.8 Å². The number of furan rings is 1. The van der Waals surface area contributed by atoms with Crippen LogP contribution in [0.5, 0.6) is 0 Å². The van der Waals surface area contributed by atoms with Gasteiger partial charge in [0.15, 0.2) is 0 Å². The second-order valence-electron chi connectivity index (χ2n) is 16.1. The minimum atomic E-state index is 0.0324. The van der Waals surface area contributed by atoms with Crippen LogP contribution in [0.3, 0.4) is 0 Å². The normalized spacial score (nSPS) is 11.8. The van der Waals surface area contributed by atoms with Gasteiger partial charge in [-0.2, -0.15) is 0 Å². The van der Waals surface area contributed by atoms with Gasteiger partial charge in [-0.05, 0) is 108 Å². The Hall–Kier alpha value is -8.00. The quantitative estimate of drug-likeness (QED) is 0.133. The van der Waals surface area contributed by atoms with Crippen molar-refractivity contribution in [2.75, 3.05) is 0 Å². The maximum absolute atomic E-state index is 6.10. The highest BCUT2D eigenvalue weighted by atomic mass is 16.3.